The molecule has 3 aromatic rings. The number of nitrogens with zero attached hydrogens (tertiary/aromatic N) is 2. The molecule has 1 heterocycles. The Hall–Kier alpha value is -3.19. The molecule has 134 valence electrons. The third-order valence-corrected chi connectivity index (χ3v) is 3.95. The van der Waals surface area contributed by atoms with Gasteiger partial charge in [-0.05, 0) is 37.9 Å². The van der Waals surface area contributed by atoms with Crippen molar-refractivity contribution in [3.8, 4) is 0 Å². The molecular formula is C19H21N5O2. The van der Waals surface area contributed by atoms with Crippen LogP contribution in [0.15, 0.2) is 59.7 Å². The molecule has 0 spiro atoms. The molecule has 3 N–H and O–H groups in total. The first kappa shape index (κ1) is 17.6. The highest BCUT2D eigenvalue weighted by molar-refractivity contribution is 5.92. The zero-order chi connectivity index (χ0) is 18.5. The van der Waals surface area contributed by atoms with Gasteiger partial charge in [0.15, 0.2) is 0 Å². The molecule has 0 aliphatic rings. The van der Waals surface area contributed by atoms with Crippen LogP contribution in [0.4, 0.5) is 10.5 Å². The van der Waals surface area contributed by atoms with Crippen LogP contribution in [0, 0.1) is 0 Å². The van der Waals surface area contributed by atoms with Crippen LogP contribution < -0.4 is 16.2 Å². The standard InChI is InChI=1S/C19H21N5O2/c1-24(2)11-17(13-6-4-3-5-7-13)23-19(26)22-14-8-9-16-15(10-14)18(25)21-12-20-16/h3-10,12,17H,11H2,1-2H3,(H,20,21,25)(H2,22,23,26)/t17-/m0/s1. The van der Waals surface area contributed by atoms with Gasteiger partial charge in [0.05, 0.1) is 23.3 Å². The minimum absolute atomic E-state index is 0.156. The molecule has 0 bridgehead atoms. The molecule has 1 atom stereocenters. The molecule has 2 amide bonds. The van der Waals surface area contributed by atoms with E-state index in [-0.39, 0.29) is 17.6 Å². The number of anilines is 1. The van der Waals surface area contributed by atoms with Crippen LogP contribution in [-0.4, -0.2) is 41.5 Å². The fraction of sp³-hybridized carbons (Fsp3) is 0.211. The lowest BCUT2D eigenvalue weighted by atomic mass is 10.1. The van der Waals surface area contributed by atoms with Crippen molar-refractivity contribution in [2.75, 3.05) is 26.0 Å². The summed E-state index contributed by atoms with van der Waals surface area (Å²) in [7, 11) is 3.91. The van der Waals surface area contributed by atoms with E-state index in [1.165, 1.54) is 6.33 Å². The Kier molecular flexibility index (Phi) is 5.28. The third-order valence-electron chi connectivity index (χ3n) is 3.95. The predicted molar refractivity (Wildman–Crippen MR) is 102 cm³/mol. The fourth-order valence-electron chi connectivity index (χ4n) is 2.76. The van der Waals surface area contributed by atoms with E-state index in [4.69, 9.17) is 0 Å². The highest BCUT2D eigenvalue weighted by Crippen LogP contribution is 2.16. The van der Waals surface area contributed by atoms with Crippen molar-refractivity contribution in [2.24, 2.45) is 0 Å². The molecule has 0 unspecified atom stereocenters. The van der Waals surface area contributed by atoms with Crippen molar-refractivity contribution in [1.82, 2.24) is 20.2 Å². The number of amides is 2. The molecule has 0 saturated carbocycles. The normalized spacial score (nSPS) is 12.1. The summed E-state index contributed by atoms with van der Waals surface area (Å²) >= 11 is 0. The summed E-state index contributed by atoms with van der Waals surface area (Å²) in [5.41, 5.74) is 1.89. The van der Waals surface area contributed by atoms with Crippen LogP contribution in [0.3, 0.4) is 0 Å². The molecule has 0 saturated heterocycles. The molecule has 0 radical (unpaired) electrons. The SMILES string of the molecule is CN(C)C[C@H](NC(=O)Nc1ccc2nc[nH]c(=O)c2c1)c1ccccc1. The minimum Gasteiger partial charge on any atom is -0.330 e. The second-order valence-electron chi connectivity index (χ2n) is 6.29. The first-order chi connectivity index (χ1) is 12.5. The lowest BCUT2D eigenvalue weighted by molar-refractivity contribution is 0.244. The number of likely N-dealkylation sites (N-methyl/N-ethyl adjacent to an activating group) is 1. The van der Waals surface area contributed by atoms with E-state index in [1.807, 2.05) is 49.3 Å². The van der Waals surface area contributed by atoms with E-state index in [2.05, 4.69) is 20.6 Å². The number of aromatic amines is 1. The molecule has 26 heavy (non-hydrogen) atoms. The van der Waals surface area contributed by atoms with Gasteiger partial charge in [0, 0.05) is 12.2 Å². The fourth-order valence-corrected chi connectivity index (χ4v) is 2.76. The Morgan fingerprint density at radius 3 is 2.69 bits per heavy atom. The van der Waals surface area contributed by atoms with Gasteiger partial charge in [-0.3, -0.25) is 4.79 Å². The van der Waals surface area contributed by atoms with Gasteiger partial charge >= 0.3 is 6.03 Å². The Balaban J connectivity index is 1.76. The number of urea groups is 1. The minimum atomic E-state index is -0.333. The Morgan fingerprint density at radius 1 is 1.19 bits per heavy atom. The first-order valence-corrected chi connectivity index (χ1v) is 8.27. The van der Waals surface area contributed by atoms with Crippen LogP contribution in [-0.2, 0) is 0 Å². The lowest BCUT2D eigenvalue weighted by Gasteiger charge is -2.23. The molecular weight excluding hydrogens is 330 g/mol. The van der Waals surface area contributed by atoms with Crippen molar-refractivity contribution in [1.29, 1.82) is 0 Å². The first-order valence-electron chi connectivity index (χ1n) is 8.27. The largest absolute Gasteiger partial charge is 0.330 e. The summed E-state index contributed by atoms with van der Waals surface area (Å²) in [5.74, 6) is 0. The maximum Gasteiger partial charge on any atom is 0.319 e. The van der Waals surface area contributed by atoms with Gasteiger partial charge in [0.25, 0.3) is 5.56 Å². The van der Waals surface area contributed by atoms with Gasteiger partial charge < -0.3 is 20.5 Å². The molecule has 2 aromatic carbocycles. The zero-order valence-corrected chi connectivity index (χ0v) is 14.7. The van der Waals surface area contributed by atoms with Gasteiger partial charge in [-0.2, -0.15) is 0 Å². The van der Waals surface area contributed by atoms with Crippen molar-refractivity contribution >= 4 is 22.6 Å². The average Bonchev–Trinajstić information content (AvgIpc) is 2.62. The van der Waals surface area contributed by atoms with Gasteiger partial charge in [-0.1, -0.05) is 30.3 Å². The molecule has 0 aliphatic carbocycles. The second kappa shape index (κ2) is 7.79. The molecule has 0 aliphatic heterocycles. The maximum atomic E-state index is 12.5. The molecule has 0 fully saturated rings. The van der Waals surface area contributed by atoms with Gasteiger partial charge in [-0.15, -0.1) is 0 Å². The van der Waals surface area contributed by atoms with Crippen molar-refractivity contribution < 1.29 is 4.79 Å². The van der Waals surface area contributed by atoms with Crippen LogP contribution in [0.5, 0.6) is 0 Å². The number of hydrogen-bond donors (Lipinski definition) is 3. The summed E-state index contributed by atoms with van der Waals surface area (Å²) in [6.07, 6.45) is 1.36. The second-order valence-corrected chi connectivity index (χ2v) is 6.29. The third kappa shape index (κ3) is 4.25. The number of benzene rings is 2. The number of rotatable bonds is 5. The number of aromatic nitrogens is 2. The van der Waals surface area contributed by atoms with Crippen LogP contribution in [0.1, 0.15) is 11.6 Å². The number of nitrogens with one attached hydrogen (secondary N) is 3. The number of fused-ring (bicyclic) bond motifs is 1. The van der Waals surface area contributed by atoms with E-state index in [0.717, 1.165) is 5.56 Å². The average molecular weight is 351 g/mol. The van der Waals surface area contributed by atoms with Crippen molar-refractivity contribution in [3.05, 3.63) is 70.8 Å². The quantitative estimate of drug-likeness (QED) is 0.658. The Bertz CT molecular complexity index is 953. The number of carbonyl (C=O) groups excluding carboxylic acids is 1. The predicted octanol–water partition coefficient (Wildman–Crippen LogP) is 2.35. The Morgan fingerprint density at radius 2 is 1.96 bits per heavy atom. The van der Waals surface area contributed by atoms with Crippen molar-refractivity contribution in [2.45, 2.75) is 6.04 Å². The molecule has 3 rings (SSSR count). The summed E-state index contributed by atoms with van der Waals surface area (Å²) < 4.78 is 0. The highest BCUT2D eigenvalue weighted by atomic mass is 16.2. The van der Waals surface area contributed by atoms with E-state index in [1.54, 1.807) is 18.2 Å². The summed E-state index contributed by atoms with van der Waals surface area (Å²) in [6, 6.07) is 14.3. The molecule has 1 aromatic heterocycles. The van der Waals surface area contributed by atoms with Crippen LogP contribution in [0.25, 0.3) is 10.9 Å². The van der Waals surface area contributed by atoms with E-state index in [0.29, 0.717) is 23.1 Å². The number of carbonyl (C=O) groups is 1. The highest BCUT2D eigenvalue weighted by Gasteiger charge is 2.15. The van der Waals surface area contributed by atoms with Crippen LogP contribution >= 0.6 is 0 Å². The van der Waals surface area contributed by atoms with Crippen LogP contribution in [0.2, 0.25) is 0 Å². The summed E-state index contributed by atoms with van der Waals surface area (Å²) in [6.45, 7) is 0.665. The van der Waals surface area contributed by atoms with Gasteiger partial charge in [0.2, 0.25) is 0 Å². The van der Waals surface area contributed by atoms with Gasteiger partial charge in [0.1, 0.15) is 0 Å². The zero-order valence-electron chi connectivity index (χ0n) is 14.7. The van der Waals surface area contributed by atoms with E-state index in [9.17, 15) is 9.59 Å². The molecule has 7 heteroatoms. The van der Waals surface area contributed by atoms with E-state index < -0.39 is 0 Å². The monoisotopic (exact) mass is 351 g/mol. The molecule has 7 nitrogen and oxygen atoms in total. The maximum absolute atomic E-state index is 12.5. The number of H-pyrrole nitrogens is 1. The van der Waals surface area contributed by atoms with Gasteiger partial charge in [-0.25, -0.2) is 9.78 Å². The Labute approximate surface area is 151 Å². The topological polar surface area (TPSA) is 90.1 Å². The number of hydrogen-bond acceptors (Lipinski definition) is 4. The van der Waals surface area contributed by atoms with E-state index >= 15 is 0 Å². The lowest BCUT2D eigenvalue weighted by Crippen LogP contribution is -2.37. The summed E-state index contributed by atoms with van der Waals surface area (Å²) in [5, 5.41) is 6.20. The van der Waals surface area contributed by atoms with Crippen molar-refractivity contribution in [3.63, 3.8) is 0 Å². The smallest absolute Gasteiger partial charge is 0.319 e. The summed E-state index contributed by atoms with van der Waals surface area (Å²) in [4.78, 5) is 33.0.